The van der Waals surface area contributed by atoms with Crippen LogP contribution in [0.25, 0.3) is 0 Å². The third-order valence-electron chi connectivity index (χ3n) is 4.13. The van der Waals surface area contributed by atoms with Crippen LogP contribution < -0.4 is 5.32 Å². The van der Waals surface area contributed by atoms with Crippen molar-refractivity contribution >= 4 is 27.3 Å². The lowest BCUT2D eigenvalue weighted by atomic mass is 10.3. The molecule has 142 valence electrons. The molecule has 2 aromatic heterocycles. The highest BCUT2D eigenvalue weighted by Gasteiger charge is 2.30. The maximum absolute atomic E-state index is 12.8. The minimum atomic E-state index is -3.50. The summed E-state index contributed by atoms with van der Waals surface area (Å²) >= 11 is 1.20. The van der Waals surface area contributed by atoms with Gasteiger partial charge in [-0.3, -0.25) is 9.69 Å². The molecule has 0 aromatic carbocycles. The molecule has 1 N–H and O–H groups in total. The molecule has 1 aliphatic rings. The molecule has 1 fully saturated rings. The van der Waals surface area contributed by atoms with Crippen molar-refractivity contribution in [1.29, 1.82) is 0 Å². The van der Waals surface area contributed by atoms with Gasteiger partial charge in [0, 0.05) is 44.0 Å². The Labute approximate surface area is 156 Å². The first-order valence-electron chi connectivity index (χ1n) is 8.32. The average molecular weight is 399 g/mol. The first-order chi connectivity index (χ1) is 12.3. The predicted molar refractivity (Wildman–Crippen MR) is 97.1 cm³/mol. The summed E-state index contributed by atoms with van der Waals surface area (Å²) in [6.07, 6.45) is 0. The van der Waals surface area contributed by atoms with Gasteiger partial charge in [-0.15, -0.1) is 11.3 Å². The summed E-state index contributed by atoms with van der Waals surface area (Å²) in [7, 11) is -3.50. The van der Waals surface area contributed by atoms with E-state index in [9.17, 15) is 13.2 Å². The molecule has 0 spiro atoms. The Morgan fingerprint density at radius 1 is 1.31 bits per heavy atom. The maximum atomic E-state index is 12.8. The van der Waals surface area contributed by atoms with Crippen LogP contribution in [0.2, 0.25) is 0 Å². The molecule has 0 aliphatic carbocycles. The van der Waals surface area contributed by atoms with Crippen molar-refractivity contribution in [3.8, 4) is 0 Å². The monoisotopic (exact) mass is 398 g/mol. The number of piperazine rings is 1. The van der Waals surface area contributed by atoms with Crippen molar-refractivity contribution in [2.45, 2.75) is 31.1 Å². The van der Waals surface area contributed by atoms with Gasteiger partial charge in [0.2, 0.25) is 5.91 Å². The van der Waals surface area contributed by atoms with Crippen LogP contribution >= 0.6 is 11.3 Å². The summed E-state index contributed by atoms with van der Waals surface area (Å²) in [4.78, 5) is 14.0. The van der Waals surface area contributed by atoms with Crippen molar-refractivity contribution in [1.82, 2.24) is 19.7 Å². The van der Waals surface area contributed by atoms with E-state index in [4.69, 9.17) is 4.52 Å². The van der Waals surface area contributed by atoms with E-state index < -0.39 is 10.0 Å². The minimum absolute atomic E-state index is 0.138. The van der Waals surface area contributed by atoms with Crippen molar-refractivity contribution in [2.24, 2.45) is 0 Å². The number of hydrogen-bond acceptors (Lipinski definition) is 7. The molecule has 8 nitrogen and oxygen atoms in total. The minimum Gasteiger partial charge on any atom is -0.360 e. The van der Waals surface area contributed by atoms with Crippen molar-refractivity contribution in [3.63, 3.8) is 0 Å². The van der Waals surface area contributed by atoms with Crippen LogP contribution in [0.4, 0.5) is 0 Å². The molecule has 1 saturated heterocycles. The molecule has 1 aliphatic heterocycles. The third kappa shape index (κ3) is 4.50. The van der Waals surface area contributed by atoms with Gasteiger partial charge < -0.3 is 9.84 Å². The van der Waals surface area contributed by atoms with Crippen molar-refractivity contribution in [2.75, 3.05) is 26.2 Å². The Balaban J connectivity index is 1.58. The largest absolute Gasteiger partial charge is 0.360 e. The summed E-state index contributed by atoms with van der Waals surface area (Å²) < 4.78 is 32.7. The number of thiophene rings is 1. The van der Waals surface area contributed by atoms with Gasteiger partial charge in [0.05, 0.1) is 18.8 Å². The zero-order valence-electron chi connectivity index (χ0n) is 14.8. The van der Waals surface area contributed by atoms with Gasteiger partial charge in [0.1, 0.15) is 4.21 Å². The van der Waals surface area contributed by atoms with E-state index in [1.165, 1.54) is 22.6 Å². The summed E-state index contributed by atoms with van der Waals surface area (Å²) in [5.74, 6) is 0.653. The lowest BCUT2D eigenvalue weighted by Crippen LogP contribution is -2.47. The molecule has 0 saturated carbocycles. The molecule has 26 heavy (non-hydrogen) atoms. The molecule has 0 unspecified atom stereocenters. The maximum Gasteiger partial charge on any atom is 0.252 e. The van der Waals surface area contributed by atoms with E-state index in [1.807, 2.05) is 13.0 Å². The van der Waals surface area contributed by atoms with Crippen LogP contribution in [0, 0.1) is 6.92 Å². The fraction of sp³-hybridized carbons (Fsp3) is 0.500. The first-order valence-corrected chi connectivity index (χ1v) is 10.6. The topological polar surface area (TPSA) is 95.8 Å². The summed E-state index contributed by atoms with van der Waals surface area (Å²) in [6.45, 7) is 6.45. The highest BCUT2D eigenvalue weighted by Crippen LogP contribution is 2.26. The van der Waals surface area contributed by atoms with E-state index >= 15 is 0 Å². The molecule has 0 bridgehead atoms. The second-order valence-corrected chi connectivity index (χ2v) is 9.58. The zero-order chi connectivity index (χ0) is 18.7. The van der Waals surface area contributed by atoms with Crippen LogP contribution in [-0.4, -0.2) is 54.9 Å². The number of aryl methyl sites for hydroxylation is 1. The van der Waals surface area contributed by atoms with Gasteiger partial charge in [0.25, 0.3) is 10.0 Å². The van der Waals surface area contributed by atoms with Gasteiger partial charge in [-0.05, 0) is 19.1 Å². The molecule has 1 amide bonds. The first kappa shape index (κ1) is 19.0. The third-order valence-corrected chi connectivity index (χ3v) is 7.58. The number of nitrogens with one attached hydrogen (secondary N) is 1. The number of nitrogens with zero attached hydrogens (tertiary/aromatic N) is 3. The van der Waals surface area contributed by atoms with E-state index in [2.05, 4.69) is 15.4 Å². The van der Waals surface area contributed by atoms with Crippen molar-refractivity contribution < 1.29 is 17.7 Å². The van der Waals surface area contributed by atoms with Gasteiger partial charge >= 0.3 is 0 Å². The van der Waals surface area contributed by atoms with Crippen molar-refractivity contribution in [3.05, 3.63) is 34.5 Å². The summed E-state index contributed by atoms with van der Waals surface area (Å²) in [5, 5.41) is 6.55. The van der Waals surface area contributed by atoms with Crippen LogP contribution in [0.1, 0.15) is 23.3 Å². The number of carbonyl (C=O) groups excluding carboxylic acids is 1. The smallest absolute Gasteiger partial charge is 0.252 e. The molecular formula is C16H22N4O4S2. The van der Waals surface area contributed by atoms with Gasteiger partial charge in [-0.1, -0.05) is 5.16 Å². The van der Waals surface area contributed by atoms with E-state index in [-0.39, 0.29) is 5.91 Å². The number of aromatic nitrogens is 1. The lowest BCUT2D eigenvalue weighted by molar-refractivity contribution is -0.119. The lowest BCUT2D eigenvalue weighted by Gasteiger charge is -2.33. The van der Waals surface area contributed by atoms with E-state index in [0.717, 1.165) is 16.3 Å². The fourth-order valence-corrected chi connectivity index (χ4v) is 5.64. The molecule has 0 atom stereocenters. The molecule has 3 heterocycles. The Morgan fingerprint density at radius 2 is 2.04 bits per heavy atom. The molecule has 10 heteroatoms. The van der Waals surface area contributed by atoms with Crippen LogP contribution in [0.3, 0.4) is 0 Å². The number of carbonyl (C=O) groups is 1. The van der Waals surface area contributed by atoms with Gasteiger partial charge in [-0.2, -0.15) is 4.31 Å². The predicted octanol–water partition coefficient (Wildman–Crippen LogP) is 1.19. The quantitative estimate of drug-likeness (QED) is 0.785. The number of sulfonamides is 1. The van der Waals surface area contributed by atoms with E-state index in [0.29, 0.717) is 43.5 Å². The van der Waals surface area contributed by atoms with Crippen LogP contribution in [0.5, 0.6) is 0 Å². The second kappa shape index (κ2) is 7.87. The van der Waals surface area contributed by atoms with Gasteiger partial charge in [-0.25, -0.2) is 8.42 Å². The summed E-state index contributed by atoms with van der Waals surface area (Å²) in [6, 6.07) is 5.25. The average Bonchev–Trinajstić information content (AvgIpc) is 3.23. The standard InChI is InChI=1S/C16H22N4O4S2/c1-12-9-14(24-18-12)11-19-5-7-20(8-6-19)26(22,23)16-4-3-15(25-16)10-17-13(2)21/h3-4,9H,5-8,10-11H2,1-2H3,(H,17,21). The second-order valence-electron chi connectivity index (χ2n) is 6.25. The van der Waals surface area contributed by atoms with E-state index in [1.54, 1.807) is 12.1 Å². The fourth-order valence-electron chi connectivity index (χ4n) is 2.77. The Hall–Kier alpha value is -1.75. The summed E-state index contributed by atoms with van der Waals surface area (Å²) in [5.41, 5.74) is 0.842. The molecule has 3 rings (SSSR count). The number of amides is 1. The SMILES string of the molecule is CC(=O)NCc1ccc(S(=O)(=O)N2CCN(Cc3cc(C)no3)CC2)s1. The molecular weight excluding hydrogens is 376 g/mol. The van der Waals surface area contributed by atoms with Crippen LogP contribution in [-0.2, 0) is 27.9 Å². The Bertz CT molecular complexity index is 866. The molecule has 0 radical (unpaired) electrons. The normalized spacial score (nSPS) is 16.7. The van der Waals surface area contributed by atoms with Gasteiger partial charge in [0.15, 0.2) is 5.76 Å². The zero-order valence-corrected chi connectivity index (χ0v) is 16.4. The highest BCUT2D eigenvalue weighted by molar-refractivity contribution is 7.91. The Morgan fingerprint density at radius 3 is 2.65 bits per heavy atom. The van der Waals surface area contributed by atoms with Crippen LogP contribution in [0.15, 0.2) is 26.9 Å². The molecule has 2 aromatic rings. The number of hydrogen-bond donors (Lipinski definition) is 1. The number of rotatable bonds is 6. The highest BCUT2D eigenvalue weighted by atomic mass is 32.2. The Kier molecular flexibility index (Phi) is 5.76.